The maximum absolute atomic E-state index is 14.1. The van der Waals surface area contributed by atoms with Crippen LogP contribution in [0.2, 0.25) is 20.1 Å². The van der Waals surface area contributed by atoms with Crippen molar-refractivity contribution in [2.24, 2.45) is 17.0 Å². The number of oxime groups is 1. The van der Waals surface area contributed by atoms with Crippen LogP contribution in [0.4, 0.5) is 26.3 Å². The minimum Gasteiger partial charge on any atom is -0.374 e. The number of rotatable bonds is 11. The number of benzene rings is 4. The van der Waals surface area contributed by atoms with Gasteiger partial charge in [0.25, 0.3) is 5.60 Å². The number of hydrogen-bond donors (Lipinski definition) is 0. The number of aryl methyl sites for hydroxylation is 2. The fraction of sp³-hybridized carbons (Fsp3) is 0.318. The molecule has 0 amide bonds. The molecule has 3 heterocycles. The normalized spacial score (nSPS) is 19.5. The van der Waals surface area contributed by atoms with Crippen molar-refractivity contribution in [1.29, 1.82) is 0 Å². The highest BCUT2D eigenvalue weighted by Gasteiger charge is 2.62. The quantitative estimate of drug-likeness (QED) is 0.0821. The highest BCUT2D eigenvalue weighted by molar-refractivity contribution is 7.93. The third-order valence-electron chi connectivity index (χ3n) is 10.8. The Kier molecular flexibility index (Phi) is 14.5. The lowest BCUT2D eigenvalue weighted by Gasteiger charge is -2.29. The summed E-state index contributed by atoms with van der Waals surface area (Å²) in [6.45, 7) is 3.23. The molecule has 0 aromatic heterocycles. The van der Waals surface area contributed by atoms with Gasteiger partial charge in [0.1, 0.15) is 0 Å². The molecule has 65 heavy (non-hydrogen) atoms. The molecule has 21 heteroatoms. The molecule has 0 bridgehead atoms. The summed E-state index contributed by atoms with van der Waals surface area (Å²) in [4.78, 5) is 42.6. The number of alkyl halides is 6. The zero-order valence-corrected chi connectivity index (χ0v) is 38.6. The third kappa shape index (κ3) is 11.8. The van der Waals surface area contributed by atoms with Crippen LogP contribution in [0.1, 0.15) is 78.2 Å². The fourth-order valence-electron chi connectivity index (χ4n) is 7.70. The Balaban J connectivity index is 0.000000216. The van der Waals surface area contributed by atoms with Crippen molar-refractivity contribution < 1.29 is 62.4 Å². The molecule has 7 rings (SSSR count). The highest BCUT2D eigenvalue weighted by atomic mass is 35.5. The Bertz CT molecular complexity index is 2840. The fourth-order valence-corrected chi connectivity index (χ4v) is 11.9. The van der Waals surface area contributed by atoms with E-state index in [0.29, 0.717) is 33.9 Å². The monoisotopic (exact) mass is 1020 g/mol. The van der Waals surface area contributed by atoms with Crippen molar-refractivity contribution in [3.63, 3.8) is 0 Å². The number of sulfone groups is 2. The van der Waals surface area contributed by atoms with E-state index >= 15 is 0 Å². The van der Waals surface area contributed by atoms with Gasteiger partial charge in [0.15, 0.2) is 37.0 Å². The number of halogens is 10. The van der Waals surface area contributed by atoms with Gasteiger partial charge in [0.05, 0.1) is 34.3 Å². The molecule has 3 aliphatic heterocycles. The first-order chi connectivity index (χ1) is 30.0. The molecule has 346 valence electrons. The lowest BCUT2D eigenvalue weighted by Crippen LogP contribution is -2.42. The minimum atomic E-state index is -4.84. The van der Waals surface area contributed by atoms with Crippen molar-refractivity contribution >= 4 is 94.7 Å². The first-order valence-electron chi connectivity index (χ1n) is 19.3. The molecule has 2 saturated heterocycles. The van der Waals surface area contributed by atoms with Gasteiger partial charge in [-0.15, -0.1) is 0 Å². The van der Waals surface area contributed by atoms with Crippen LogP contribution in [0, 0.1) is 25.7 Å². The summed E-state index contributed by atoms with van der Waals surface area (Å²) in [5, 5.41) is 3.79. The lowest BCUT2D eigenvalue weighted by molar-refractivity contribution is -0.275. The molecule has 0 spiro atoms. The van der Waals surface area contributed by atoms with E-state index in [1.54, 1.807) is 19.9 Å². The van der Waals surface area contributed by atoms with Crippen molar-refractivity contribution in [1.82, 2.24) is 0 Å². The average molecular weight is 1030 g/mol. The van der Waals surface area contributed by atoms with E-state index in [4.69, 9.17) is 51.2 Å². The first-order valence-corrected chi connectivity index (χ1v) is 24.5. The largest absolute Gasteiger partial charge is 0.435 e. The third-order valence-corrected chi connectivity index (χ3v) is 15.6. The molecule has 0 radical (unpaired) electrons. The van der Waals surface area contributed by atoms with Gasteiger partial charge in [-0.25, -0.2) is 16.8 Å². The van der Waals surface area contributed by atoms with Gasteiger partial charge in [0.2, 0.25) is 0 Å². The second-order valence-corrected chi connectivity index (χ2v) is 22.1. The van der Waals surface area contributed by atoms with E-state index in [2.05, 4.69) is 5.16 Å². The van der Waals surface area contributed by atoms with Gasteiger partial charge >= 0.3 is 12.4 Å². The number of allylic oxidation sites excluding steroid dienone is 2. The Morgan fingerprint density at radius 3 is 1.57 bits per heavy atom. The summed E-state index contributed by atoms with van der Waals surface area (Å²) >= 11 is 23.4. The number of Topliss-reactive ketones (excluding diaryl/α,β-unsaturated/α-hetero) is 2. The predicted molar refractivity (Wildman–Crippen MR) is 236 cm³/mol. The molecule has 2 fully saturated rings. The van der Waals surface area contributed by atoms with Crippen LogP contribution in [-0.4, -0.2) is 75.3 Å². The van der Waals surface area contributed by atoms with Crippen LogP contribution in [0.25, 0.3) is 5.57 Å². The Morgan fingerprint density at radius 2 is 1.14 bits per heavy atom. The summed E-state index contributed by atoms with van der Waals surface area (Å²) in [7, 11) is -6.08. The van der Waals surface area contributed by atoms with E-state index < -0.39 is 55.4 Å². The van der Waals surface area contributed by atoms with E-state index in [-0.39, 0.29) is 102 Å². The summed E-state index contributed by atoms with van der Waals surface area (Å²) in [5.41, 5.74) is -2.46. The number of carbonyl (C=O) groups excluding carboxylic acids is 3. The SMILES string of the molecule is Cc1cc(C(=O)/C=C(\c2cc(Cl)cc(Cl)c2)C(F)(F)F)ccc1C(=O)CC1CS(=O)(=O)C1.Cc1cc(C2=NOC(c3cc(Cl)cc(Cl)c3)(C(F)(F)F)C2)ccc1C(=O)CC1CS(=O)(=O)C1. The van der Waals surface area contributed by atoms with Crippen molar-refractivity contribution in [2.45, 2.75) is 51.1 Å². The molecule has 0 aliphatic carbocycles. The molecule has 4 aromatic carbocycles. The van der Waals surface area contributed by atoms with Crippen LogP contribution in [0.3, 0.4) is 0 Å². The van der Waals surface area contributed by atoms with Crippen LogP contribution in [0.5, 0.6) is 0 Å². The van der Waals surface area contributed by atoms with Gasteiger partial charge in [0, 0.05) is 61.6 Å². The zero-order chi connectivity index (χ0) is 48.0. The van der Waals surface area contributed by atoms with E-state index in [9.17, 15) is 57.6 Å². The number of hydrogen-bond acceptors (Lipinski definition) is 9. The van der Waals surface area contributed by atoms with Crippen LogP contribution in [0.15, 0.2) is 84.0 Å². The molecule has 1 atom stereocenters. The number of nitrogens with zero attached hydrogens (tertiary/aromatic N) is 1. The van der Waals surface area contributed by atoms with Gasteiger partial charge in [-0.05, 0) is 103 Å². The number of carbonyl (C=O) groups is 3. The second-order valence-electron chi connectivity index (χ2n) is 16.1. The second kappa shape index (κ2) is 18.8. The molecule has 0 saturated carbocycles. The van der Waals surface area contributed by atoms with Gasteiger partial charge in [-0.3, -0.25) is 14.4 Å². The van der Waals surface area contributed by atoms with E-state index in [1.165, 1.54) is 42.5 Å². The summed E-state index contributed by atoms with van der Waals surface area (Å²) in [6, 6.07) is 15.6. The zero-order valence-electron chi connectivity index (χ0n) is 33.9. The van der Waals surface area contributed by atoms with E-state index in [0.717, 1.165) is 24.3 Å². The Morgan fingerprint density at radius 1 is 0.677 bits per heavy atom. The number of ketones is 3. The molecular weight excluding hydrogens is 990 g/mol. The highest BCUT2D eigenvalue weighted by Crippen LogP contribution is 2.50. The average Bonchev–Trinajstić information content (AvgIpc) is 3.62. The molecule has 4 aromatic rings. The van der Waals surface area contributed by atoms with Gasteiger partial charge < -0.3 is 4.84 Å². The Hall–Kier alpha value is -4.26. The van der Waals surface area contributed by atoms with Crippen LogP contribution in [-0.2, 0) is 30.1 Å². The standard InChI is InChI=1S/C22H18Cl2F3NO4S.C22H17Cl2F3O4S/c1-12-4-14(2-3-18(12)20(29)5-13-10-33(30,31)11-13)19-9-21(32-28-19,22(25,26)27)15-6-16(23)8-17(24)7-15;1-12-4-14(2-3-18(12)21(29)5-13-10-32(30,31)11-13)20(28)9-19(22(25,26)27)15-6-16(23)8-17(24)7-15/h2-4,6-8,13H,5,9-11H2,1H3;2-4,6-9,13H,5,10-11H2,1H3/b;19-9+. The molecule has 3 aliphatic rings. The van der Waals surface area contributed by atoms with Crippen molar-refractivity contribution in [2.75, 3.05) is 23.0 Å². The maximum atomic E-state index is 14.1. The Labute approximate surface area is 389 Å². The van der Waals surface area contributed by atoms with Crippen LogP contribution >= 0.6 is 46.4 Å². The topological polar surface area (TPSA) is 141 Å². The van der Waals surface area contributed by atoms with Crippen molar-refractivity contribution in [3.8, 4) is 0 Å². The molecule has 0 N–H and O–H groups in total. The summed E-state index contributed by atoms with van der Waals surface area (Å²) in [6.07, 6.45) is -9.60. The maximum Gasteiger partial charge on any atom is 0.435 e. The summed E-state index contributed by atoms with van der Waals surface area (Å²) in [5.74, 6) is -1.90. The van der Waals surface area contributed by atoms with Gasteiger partial charge in [-0.2, -0.15) is 26.3 Å². The molecule has 9 nitrogen and oxygen atoms in total. The first kappa shape index (κ1) is 50.2. The minimum absolute atomic E-state index is 0.00292. The van der Waals surface area contributed by atoms with Gasteiger partial charge in [-0.1, -0.05) is 75.8 Å². The smallest absolute Gasteiger partial charge is 0.374 e. The van der Waals surface area contributed by atoms with E-state index in [1.807, 2.05) is 0 Å². The molecule has 1 unspecified atom stereocenters. The lowest BCUT2D eigenvalue weighted by atomic mass is 9.86. The predicted octanol–water partition coefficient (Wildman–Crippen LogP) is 11.2. The summed E-state index contributed by atoms with van der Waals surface area (Å²) < 4.78 is 128. The molecular formula is C44H35Cl4F6NO8S2. The van der Waals surface area contributed by atoms with Crippen molar-refractivity contribution in [3.05, 3.63) is 143 Å². The van der Waals surface area contributed by atoms with Crippen LogP contribution < -0.4 is 0 Å².